The molecule has 1 heterocycles. The predicted molar refractivity (Wildman–Crippen MR) is 116 cm³/mol. The van der Waals surface area contributed by atoms with Gasteiger partial charge in [0.1, 0.15) is 0 Å². The van der Waals surface area contributed by atoms with Gasteiger partial charge in [-0.25, -0.2) is 4.99 Å². The Hall–Kier alpha value is -2.66. The zero-order chi connectivity index (χ0) is 20.5. The third kappa shape index (κ3) is 2.64. The summed E-state index contributed by atoms with van der Waals surface area (Å²) in [6, 6.07) is 17.2. The summed E-state index contributed by atoms with van der Waals surface area (Å²) in [6.45, 7) is 0.437. The van der Waals surface area contributed by atoms with Crippen LogP contribution in [0.25, 0.3) is 11.1 Å². The number of nitrogens with zero attached hydrogens (tertiary/aromatic N) is 2. The van der Waals surface area contributed by atoms with Crippen LogP contribution in [0, 0.1) is 17.8 Å². The Morgan fingerprint density at radius 2 is 1.83 bits per heavy atom. The first kappa shape index (κ1) is 18.1. The summed E-state index contributed by atoms with van der Waals surface area (Å²) in [5, 5.41) is 9.20. The Bertz CT molecular complexity index is 1050. The molecule has 1 aliphatic heterocycles. The first-order valence-electron chi connectivity index (χ1n) is 11.1. The molecular formula is C25H27N3O2. The molecule has 3 atom stereocenters. The minimum atomic E-state index is -0.911. The standard InChI is InChI=1S/C25H27N3O2/c26-24-27-25(18-8-9-18,23(30)28(24)10-3-11-29)19-7-2-5-16(13-19)15-4-1-6-17(12-15)22-20-14-21(20)22/h1-2,4-7,12-13,18,20-22,29H,3,8-11,14H2,(H2,26,27). The van der Waals surface area contributed by atoms with E-state index in [4.69, 9.17) is 10.7 Å². The Morgan fingerprint density at radius 3 is 2.50 bits per heavy atom. The molecule has 0 spiro atoms. The number of amides is 1. The van der Waals surface area contributed by atoms with Crippen molar-refractivity contribution < 1.29 is 9.90 Å². The molecule has 0 bridgehead atoms. The fourth-order valence-electron chi connectivity index (χ4n) is 5.37. The number of hydrogen-bond donors (Lipinski definition) is 2. The van der Waals surface area contributed by atoms with Crippen molar-refractivity contribution in [2.24, 2.45) is 28.5 Å². The number of carbonyl (C=O) groups excluding carboxylic acids is 1. The molecule has 3 N–H and O–H groups in total. The minimum Gasteiger partial charge on any atom is -0.396 e. The number of hydrogen-bond acceptors (Lipinski definition) is 4. The van der Waals surface area contributed by atoms with Crippen LogP contribution in [0.1, 0.15) is 42.7 Å². The summed E-state index contributed by atoms with van der Waals surface area (Å²) in [4.78, 5) is 19.8. The van der Waals surface area contributed by atoms with Crippen molar-refractivity contribution in [2.75, 3.05) is 13.2 Å². The van der Waals surface area contributed by atoms with Crippen molar-refractivity contribution in [3.05, 3.63) is 59.7 Å². The van der Waals surface area contributed by atoms with Crippen molar-refractivity contribution in [1.29, 1.82) is 0 Å². The molecule has 2 aromatic carbocycles. The number of guanidine groups is 1. The number of benzene rings is 2. The first-order chi connectivity index (χ1) is 14.6. The summed E-state index contributed by atoms with van der Waals surface area (Å²) >= 11 is 0. The van der Waals surface area contributed by atoms with Gasteiger partial charge in [-0.1, -0.05) is 42.5 Å². The Balaban J connectivity index is 1.37. The van der Waals surface area contributed by atoms with Gasteiger partial charge in [0.15, 0.2) is 11.5 Å². The summed E-state index contributed by atoms with van der Waals surface area (Å²) < 4.78 is 0. The molecule has 0 radical (unpaired) electrons. The molecule has 4 aliphatic rings. The molecule has 0 saturated heterocycles. The van der Waals surface area contributed by atoms with Gasteiger partial charge in [-0.05, 0) is 77.7 Å². The van der Waals surface area contributed by atoms with Gasteiger partial charge in [0, 0.05) is 13.2 Å². The summed E-state index contributed by atoms with van der Waals surface area (Å²) in [5.41, 5.74) is 9.98. The zero-order valence-corrected chi connectivity index (χ0v) is 17.0. The Kier molecular flexibility index (Phi) is 3.88. The van der Waals surface area contributed by atoms with E-state index >= 15 is 0 Å². The lowest BCUT2D eigenvalue weighted by molar-refractivity contribution is -0.132. The van der Waals surface area contributed by atoms with Crippen LogP contribution < -0.4 is 5.73 Å². The molecule has 3 aliphatic carbocycles. The van der Waals surface area contributed by atoms with Gasteiger partial charge in [0.2, 0.25) is 0 Å². The fourth-order valence-corrected chi connectivity index (χ4v) is 5.37. The highest BCUT2D eigenvalue weighted by molar-refractivity contribution is 6.07. The van der Waals surface area contributed by atoms with E-state index < -0.39 is 5.54 Å². The van der Waals surface area contributed by atoms with Crippen LogP contribution in [0.3, 0.4) is 0 Å². The van der Waals surface area contributed by atoms with E-state index in [9.17, 15) is 9.90 Å². The predicted octanol–water partition coefficient (Wildman–Crippen LogP) is 3.23. The van der Waals surface area contributed by atoms with Crippen LogP contribution in [0.15, 0.2) is 53.5 Å². The lowest BCUT2D eigenvalue weighted by Crippen LogP contribution is -2.44. The highest BCUT2D eigenvalue weighted by Crippen LogP contribution is 2.73. The topological polar surface area (TPSA) is 78.9 Å². The molecule has 3 fully saturated rings. The first-order valence-corrected chi connectivity index (χ1v) is 11.1. The van der Waals surface area contributed by atoms with Crippen molar-refractivity contribution in [1.82, 2.24) is 4.90 Å². The summed E-state index contributed by atoms with van der Waals surface area (Å²) in [7, 11) is 0. The van der Waals surface area contributed by atoms with E-state index in [0.717, 1.165) is 41.7 Å². The van der Waals surface area contributed by atoms with E-state index in [1.54, 1.807) is 4.90 Å². The number of carbonyl (C=O) groups is 1. The fraction of sp³-hybridized carbons (Fsp3) is 0.440. The Morgan fingerprint density at radius 1 is 1.10 bits per heavy atom. The average Bonchev–Trinajstić information content (AvgIpc) is 3.63. The molecule has 0 aromatic heterocycles. The van der Waals surface area contributed by atoms with E-state index in [-0.39, 0.29) is 24.4 Å². The molecule has 2 aromatic rings. The number of aliphatic hydroxyl groups is 1. The largest absolute Gasteiger partial charge is 0.396 e. The van der Waals surface area contributed by atoms with Crippen LogP contribution in [-0.4, -0.2) is 35.0 Å². The maximum absolute atomic E-state index is 13.5. The molecular weight excluding hydrogens is 374 g/mol. The highest BCUT2D eigenvalue weighted by Gasteiger charge is 2.64. The van der Waals surface area contributed by atoms with Gasteiger partial charge < -0.3 is 10.8 Å². The van der Waals surface area contributed by atoms with E-state index in [0.29, 0.717) is 13.0 Å². The van der Waals surface area contributed by atoms with Crippen molar-refractivity contribution >= 4 is 11.9 Å². The molecule has 3 unspecified atom stereocenters. The minimum absolute atomic E-state index is 0.0298. The molecule has 30 heavy (non-hydrogen) atoms. The number of rotatable bonds is 7. The smallest absolute Gasteiger partial charge is 0.262 e. The van der Waals surface area contributed by atoms with E-state index in [2.05, 4.69) is 36.4 Å². The van der Waals surface area contributed by atoms with E-state index in [1.165, 1.54) is 17.5 Å². The second-order valence-corrected chi connectivity index (χ2v) is 9.34. The van der Waals surface area contributed by atoms with E-state index in [1.807, 2.05) is 12.1 Å². The summed E-state index contributed by atoms with van der Waals surface area (Å²) in [5.74, 6) is 3.07. The second-order valence-electron chi connectivity index (χ2n) is 9.34. The molecule has 5 nitrogen and oxygen atoms in total. The average molecular weight is 402 g/mol. The van der Waals surface area contributed by atoms with Crippen molar-refractivity contribution in [2.45, 2.75) is 37.1 Å². The quantitative estimate of drug-likeness (QED) is 0.748. The SMILES string of the molecule is NC1=NC(c2cccc(-c3cccc(C4C5CC54)c3)c2)(C2CC2)C(=O)N1CCCO. The number of fused-ring (bicyclic) bond motifs is 1. The summed E-state index contributed by atoms with van der Waals surface area (Å²) in [6.07, 6.45) is 3.88. The van der Waals surface area contributed by atoms with Crippen molar-refractivity contribution in [3.63, 3.8) is 0 Å². The normalized spacial score (nSPS) is 31.5. The van der Waals surface area contributed by atoms with Gasteiger partial charge in [0.25, 0.3) is 5.91 Å². The molecule has 3 saturated carbocycles. The zero-order valence-electron chi connectivity index (χ0n) is 17.0. The van der Waals surface area contributed by atoms with Crippen LogP contribution in [0.4, 0.5) is 0 Å². The third-order valence-corrected chi connectivity index (χ3v) is 7.43. The Labute approximate surface area is 176 Å². The van der Waals surface area contributed by atoms with Gasteiger partial charge in [0.05, 0.1) is 0 Å². The number of nitrogens with two attached hydrogens (primary N) is 1. The lowest BCUT2D eigenvalue weighted by Gasteiger charge is -2.27. The van der Waals surface area contributed by atoms with Gasteiger partial charge in [-0.2, -0.15) is 0 Å². The molecule has 5 heteroatoms. The van der Waals surface area contributed by atoms with Gasteiger partial charge in [-0.15, -0.1) is 0 Å². The van der Waals surface area contributed by atoms with Crippen LogP contribution >= 0.6 is 0 Å². The number of aliphatic hydroxyl groups excluding tert-OH is 1. The molecule has 6 rings (SSSR count). The maximum Gasteiger partial charge on any atom is 0.262 e. The second kappa shape index (κ2) is 6.42. The molecule has 1 amide bonds. The third-order valence-electron chi connectivity index (χ3n) is 7.43. The number of aliphatic imine (C=N–C) groups is 1. The highest BCUT2D eigenvalue weighted by atomic mass is 16.3. The van der Waals surface area contributed by atoms with Crippen LogP contribution in [0.2, 0.25) is 0 Å². The van der Waals surface area contributed by atoms with Gasteiger partial charge >= 0.3 is 0 Å². The van der Waals surface area contributed by atoms with Crippen LogP contribution in [0.5, 0.6) is 0 Å². The monoisotopic (exact) mass is 401 g/mol. The lowest BCUT2D eigenvalue weighted by atomic mass is 9.83. The van der Waals surface area contributed by atoms with Gasteiger partial charge in [-0.3, -0.25) is 9.69 Å². The van der Waals surface area contributed by atoms with Crippen molar-refractivity contribution in [3.8, 4) is 11.1 Å². The molecule has 154 valence electrons. The van der Waals surface area contributed by atoms with Crippen LogP contribution in [-0.2, 0) is 10.3 Å². The maximum atomic E-state index is 13.5.